The smallest absolute Gasteiger partial charge is 0.317 e. The average molecular weight is 318 g/mol. The van der Waals surface area contributed by atoms with Crippen LogP contribution in [0, 0.1) is 5.92 Å². The highest BCUT2D eigenvalue weighted by atomic mass is 16.3. The second-order valence-corrected chi connectivity index (χ2v) is 7.59. The number of hydrogen-bond donors (Lipinski definition) is 2. The Balaban J connectivity index is 1.83. The molecule has 0 saturated heterocycles. The first-order valence-electron chi connectivity index (χ1n) is 8.55. The van der Waals surface area contributed by atoms with Crippen LogP contribution in [0.15, 0.2) is 30.3 Å². The van der Waals surface area contributed by atoms with Gasteiger partial charge in [-0.2, -0.15) is 0 Å². The van der Waals surface area contributed by atoms with Gasteiger partial charge in [0.05, 0.1) is 6.10 Å². The second-order valence-electron chi connectivity index (χ2n) is 7.59. The molecule has 2 atom stereocenters. The van der Waals surface area contributed by atoms with E-state index in [4.69, 9.17) is 0 Å². The Bertz CT molecular complexity index is 511. The van der Waals surface area contributed by atoms with Gasteiger partial charge in [0.15, 0.2) is 0 Å². The summed E-state index contributed by atoms with van der Waals surface area (Å²) in [4.78, 5) is 13.9. The zero-order valence-electron chi connectivity index (χ0n) is 14.7. The topological polar surface area (TPSA) is 52.6 Å². The van der Waals surface area contributed by atoms with Gasteiger partial charge in [0.2, 0.25) is 0 Å². The van der Waals surface area contributed by atoms with Crippen molar-refractivity contribution in [3.8, 4) is 0 Å². The molecule has 1 saturated carbocycles. The predicted molar refractivity (Wildman–Crippen MR) is 93.4 cm³/mol. The summed E-state index contributed by atoms with van der Waals surface area (Å²) in [5.41, 5.74) is 1.28. The van der Waals surface area contributed by atoms with E-state index in [1.807, 2.05) is 25.1 Å². The molecule has 0 aromatic heterocycles. The van der Waals surface area contributed by atoms with E-state index in [9.17, 15) is 9.90 Å². The largest absolute Gasteiger partial charge is 0.391 e. The number of nitrogens with one attached hydrogen (secondary N) is 1. The van der Waals surface area contributed by atoms with Crippen LogP contribution in [0.3, 0.4) is 0 Å². The number of urea groups is 1. The lowest BCUT2D eigenvalue weighted by Crippen LogP contribution is -2.46. The fourth-order valence-electron chi connectivity index (χ4n) is 3.14. The van der Waals surface area contributed by atoms with Crippen molar-refractivity contribution < 1.29 is 9.90 Å². The molecule has 1 aliphatic carbocycles. The highest BCUT2D eigenvalue weighted by Gasteiger charge is 2.31. The summed E-state index contributed by atoms with van der Waals surface area (Å²) < 4.78 is 0. The zero-order chi connectivity index (χ0) is 17.0. The van der Waals surface area contributed by atoms with Crippen LogP contribution in [0.5, 0.6) is 0 Å². The summed E-state index contributed by atoms with van der Waals surface area (Å²) in [5.74, 6) is 0.389. The van der Waals surface area contributed by atoms with Crippen LogP contribution in [0.25, 0.3) is 0 Å². The third kappa shape index (κ3) is 5.24. The lowest BCUT2D eigenvalue weighted by molar-refractivity contribution is 0.112. The van der Waals surface area contributed by atoms with Crippen LogP contribution in [0.1, 0.15) is 45.6 Å². The van der Waals surface area contributed by atoms with Crippen molar-refractivity contribution in [2.75, 3.05) is 13.6 Å². The van der Waals surface area contributed by atoms with Gasteiger partial charge in [0, 0.05) is 19.6 Å². The van der Waals surface area contributed by atoms with Gasteiger partial charge in [-0.3, -0.25) is 0 Å². The minimum atomic E-state index is -0.387. The Kier molecular flexibility index (Phi) is 5.69. The summed E-state index contributed by atoms with van der Waals surface area (Å²) >= 11 is 0. The number of likely N-dealkylation sites (N-methyl/N-ethyl adjacent to an activating group) is 1. The number of carbonyl (C=O) groups is 1. The number of nitrogens with zero attached hydrogens (tertiary/aromatic N) is 1. The molecule has 0 spiro atoms. The Labute approximate surface area is 139 Å². The average Bonchev–Trinajstić information content (AvgIpc) is 3.32. The molecular formula is C19H30N2O2. The van der Waals surface area contributed by atoms with E-state index in [0.717, 1.165) is 19.3 Å². The standard InChI is InChI=1S/C19H30N2O2/c1-14(12-19(2,3)16-8-6-5-7-9-16)20-18(23)21(4)13-17(22)15-10-11-15/h5-9,14-15,17,22H,10-13H2,1-4H3,(H,20,23). The Hall–Kier alpha value is -1.55. The van der Waals surface area contributed by atoms with Gasteiger partial charge in [-0.15, -0.1) is 0 Å². The molecule has 1 aliphatic rings. The van der Waals surface area contributed by atoms with Crippen LogP contribution < -0.4 is 5.32 Å². The van der Waals surface area contributed by atoms with Crippen molar-refractivity contribution in [2.24, 2.45) is 5.92 Å². The van der Waals surface area contributed by atoms with E-state index in [1.165, 1.54) is 5.56 Å². The molecule has 2 N–H and O–H groups in total. The van der Waals surface area contributed by atoms with Crippen molar-refractivity contribution in [1.82, 2.24) is 10.2 Å². The van der Waals surface area contributed by atoms with Gasteiger partial charge in [-0.25, -0.2) is 4.79 Å². The maximum absolute atomic E-state index is 12.3. The fraction of sp³-hybridized carbons (Fsp3) is 0.632. The molecule has 4 heteroatoms. The van der Waals surface area contributed by atoms with Crippen molar-refractivity contribution in [2.45, 2.75) is 57.6 Å². The van der Waals surface area contributed by atoms with Gasteiger partial charge in [-0.05, 0) is 43.1 Å². The zero-order valence-corrected chi connectivity index (χ0v) is 14.7. The molecule has 0 aliphatic heterocycles. The first-order valence-corrected chi connectivity index (χ1v) is 8.55. The van der Waals surface area contributed by atoms with Gasteiger partial charge in [-0.1, -0.05) is 44.2 Å². The maximum Gasteiger partial charge on any atom is 0.317 e. The van der Waals surface area contributed by atoms with Crippen molar-refractivity contribution in [1.29, 1.82) is 0 Å². The van der Waals surface area contributed by atoms with E-state index >= 15 is 0 Å². The molecule has 2 unspecified atom stereocenters. The predicted octanol–water partition coefficient (Wildman–Crippen LogP) is 3.16. The van der Waals surface area contributed by atoms with Crippen molar-refractivity contribution in [3.63, 3.8) is 0 Å². The summed E-state index contributed by atoms with van der Waals surface area (Å²) in [6.07, 6.45) is 2.64. The number of hydrogen-bond acceptors (Lipinski definition) is 2. The van der Waals surface area contributed by atoms with Crippen LogP contribution in [0.4, 0.5) is 4.79 Å². The third-order valence-electron chi connectivity index (χ3n) is 4.72. The molecular weight excluding hydrogens is 288 g/mol. The molecule has 2 rings (SSSR count). The minimum Gasteiger partial charge on any atom is -0.391 e. The number of aliphatic hydroxyl groups excluding tert-OH is 1. The molecule has 4 nitrogen and oxygen atoms in total. The normalized spacial score (nSPS) is 17.4. The molecule has 128 valence electrons. The summed E-state index contributed by atoms with van der Waals surface area (Å²) in [6.45, 7) is 6.84. The number of carbonyl (C=O) groups excluding carboxylic acids is 1. The highest BCUT2D eigenvalue weighted by molar-refractivity contribution is 5.74. The molecule has 0 bridgehead atoms. The van der Waals surface area contributed by atoms with E-state index < -0.39 is 0 Å². The first kappa shape index (κ1) is 17.8. The van der Waals surface area contributed by atoms with Crippen LogP contribution in [-0.4, -0.2) is 41.8 Å². The molecule has 23 heavy (non-hydrogen) atoms. The summed E-state index contributed by atoms with van der Waals surface area (Å²) in [6, 6.07) is 10.3. The number of benzene rings is 1. The Morgan fingerprint density at radius 1 is 1.35 bits per heavy atom. The van der Waals surface area contributed by atoms with Crippen LogP contribution >= 0.6 is 0 Å². The maximum atomic E-state index is 12.3. The van der Waals surface area contributed by atoms with Gasteiger partial charge in [0.25, 0.3) is 0 Å². The van der Waals surface area contributed by atoms with E-state index in [1.54, 1.807) is 11.9 Å². The summed E-state index contributed by atoms with van der Waals surface area (Å²) in [5, 5.41) is 13.0. The first-order chi connectivity index (χ1) is 10.8. The van der Waals surface area contributed by atoms with Gasteiger partial charge in [0.1, 0.15) is 0 Å². The Morgan fingerprint density at radius 2 is 1.96 bits per heavy atom. The van der Waals surface area contributed by atoms with Crippen LogP contribution in [-0.2, 0) is 5.41 Å². The number of aliphatic hydroxyl groups is 1. The molecule has 0 radical (unpaired) electrons. The Morgan fingerprint density at radius 3 is 2.52 bits per heavy atom. The quantitative estimate of drug-likeness (QED) is 0.811. The van der Waals surface area contributed by atoms with Gasteiger partial charge >= 0.3 is 6.03 Å². The molecule has 2 amide bonds. The number of amides is 2. The molecule has 1 fully saturated rings. The molecule has 0 heterocycles. The lowest BCUT2D eigenvalue weighted by Gasteiger charge is -2.30. The summed E-state index contributed by atoms with van der Waals surface area (Å²) in [7, 11) is 1.75. The monoisotopic (exact) mass is 318 g/mol. The second kappa shape index (κ2) is 7.35. The van der Waals surface area contributed by atoms with E-state index in [-0.39, 0.29) is 23.6 Å². The van der Waals surface area contributed by atoms with Crippen molar-refractivity contribution >= 4 is 6.03 Å². The van der Waals surface area contributed by atoms with Gasteiger partial charge < -0.3 is 15.3 Å². The van der Waals surface area contributed by atoms with E-state index in [2.05, 4.69) is 31.3 Å². The SMILES string of the molecule is CC(CC(C)(C)c1ccccc1)NC(=O)N(C)CC(O)C1CC1. The van der Waals surface area contributed by atoms with E-state index in [0.29, 0.717) is 12.5 Å². The fourth-order valence-corrected chi connectivity index (χ4v) is 3.14. The van der Waals surface area contributed by atoms with Crippen LogP contribution in [0.2, 0.25) is 0 Å². The third-order valence-corrected chi connectivity index (χ3v) is 4.72. The number of rotatable bonds is 7. The minimum absolute atomic E-state index is 0.0000542. The van der Waals surface area contributed by atoms with Crippen molar-refractivity contribution in [3.05, 3.63) is 35.9 Å². The molecule has 1 aromatic carbocycles. The molecule has 1 aromatic rings. The lowest BCUT2D eigenvalue weighted by atomic mass is 9.79. The highest BCUT2D eigenvalue weighted by Crippen LogP contribution is 2.32.